The maximum absolute atomic E-state index is 12.8. The first-order chi connectivity index (χ1) is 8.03. The van der Waals surface area contributed by atoms with Crippen molar-refractivity contribution in [1.82, 2.24) is 14.8 Å². The van der Waals surface area contributed by atoms with E-state index < -0.39 is 0 Å². The van der Waals surface area contributed by atoms with E-state index in [2.05, 4.69) is 10.1 Å². The lowest BCUT2D eigenvalue weighted by Gasteiger charge is -2.15. The van der Waals surface area contributed by atoms with Gasteiger partial charge in [-0.15, -0.1) is 0 Å². The average Bonchev–Trinajstić information content (AvgIpc) is 2.72. The van der Waals surface area contributed by atoms with Gasteiger partial charge in [0.25, 0.3) is 0 Å². The van der Waals surface area contributed by atoms with Gasteiger partial charge in [0, 0.05) is 6.07 Å². The lowest BCUT2D eigenvalue weighted by Crippen LogP contribution is -2.26. The van der Waals surface area contributed by atoms with Gasteiger partial charge < -0.3 is 4.74 Å². The molecule has 1 aliphatic heterocycles. The molecule has 0 unspecified atom stereocenters. The van der Waals surface area contributed by atoms with Gasteiger partial charge in [-0.2, -0.15) is 5.10 Å². The monoisotopic (exact) mass is 233 g/mol. The second-order valence-corrected chi connectivity index (χ2v) is 4.75. The van der Waals surface area contributed by atoms with Gasteiger partial charge in [0.05, 0.1) is 18.4 Å². The predicted molar refractivity (Wildman–Crippen MR) is 60.1 cm³/mol. The van der Waals surface area contributed by atoms with Gasteiger partial charge in [-0.25, -0.2) is 9.07 Å². The van der Waals surface area contributed by atoms with E-state index in [0.717, 1.165) is 5.88 Å². The van der Waals surface area contributed by atoms with Gasteiger partial charge in [-0.3, -0.25) is 4.98 Å². The Bertz CT molecular complexity index is 534. The standard InChI is InChI=1S/C12H12FN3O/c1-12(2)7-16-11(17-12)5-10(15-16)9-4-3-8(13)6-14-9/h3-6H,7H2,1-2H3. The molecule has 17 heavy (non-hydrogen) atoms. The Labute approximate surface area is 98.0 Å². The van der Waals surface area contributed by atoms with E-state index in [1.165, 1.54) is 12.3 Å². The van der Waals surface area contributed by atoms with Crippen molar-refractivity contribution in [3.05, 3.63) is 30.2 Å². The van der Waals surface area contributed by atoms with Crippen LogP contribution in [0.4, 0.5) is 4.39 Å². The number of pyridine rings is 1. The summed E-state index contributed by atoms with van der Waals surface area (Å²) in [5, 5.41) is 4.39. The number of hydrogen-bond acceptors (Lipinski definition) is 3. The third-order valence-electron chi connectivity index (χ3n) is 2.64. The van der Waals surface area contributed by atoms with Gasteiger partial charge in [0.2, 0.25) is 5.88 Å². The maximum atomic E-state index is 12.8. The summed E-state index contributed by atoms with van der Waals surface area (Å²) in [6, 6.07) is 4.81. The van der Waals surface area contributed by atoms with Gasteiger partial charge in [0.15, 0.2) is 0 Å². The first kappa shape index (κ1) is 10.3. The molecule has 0 fully saturated rings. The van der Waals surface area contributed by atoms with E-state index in [4.69, 9.17) is 4.74 Å². The Balaban J connectivity index is 1.95. The van der Waals surface area contributed by atoms with E-state index in [1.807, 2.05) is 19.9 Å². The van der Waals surface area contributed by atoms with E-state index in [9.17, 15) is 4.39 Å². The SMILES string of the molecule is CC1(C)Cn2nc(-c3ccc(F)cn3)cc2O1. The second-order valence-electron chi connectivity index (χ2n) is 4.75. The molecular formula is C12H12FN3O. The first-order valence-electron chi connectivity index (χ1n) is 5.42. The molecule has 4 nitrogen and oxygen atoms in total. The predicted octanol–water partition coefficient (Wildman–Crippen LogP) is 2.26. The first-order valence-corrected chi connectivity index (χ1v) is 5.42. The minimum absolute atomic E-state index is 0.211. The third kappa shape index (κ3) is 1.77. The van der Waals surface area contributed by atoms with E-state index in [0.29, 0.717) is 17.9 Å². The van der Waals surface area contributed by atoms with Crippen LogP contribution in [-0.4, -0.2) is 20.4 Å². The molecule has 0 radical (unpaired) electrons. The molecule has 0 aliphatic carbocycles. The maximum Gasteiger partial charge on any atom is 0.213 e. The minimum atomic E-state index is -0.349. The molecule has 2 aromatic rings. The Hall–Kier alpha value is -1.91. The topological polar surface area (TPSA) is 39.9 Å². The van der Waals surface area contributed by atoms with Crippen molar-refractivity contribution in [1.29, 1.82) is 0 Å². The summed E-state index contributed by atoms with van der Waals surface area (Å²) in [6.07, 6.45) is 1.19. The van der Waals surface area contributed by atoms with Crippen LogP contribution in [-0.2, 0) is 6.54 Å². The molecule has 2 aromatic heterocycles. The number of aromatic nitrogens is 3. The van der Waals surface area contributed by atoms with Crippen LogP contribution in [0.5, 0.6) is 5.88 Å². The highest BCUT2D eigenvalue weighted by Gasteiger charge is 2.31. The lowest BCUT2D eigenvalue weighted by atomic mass is 10.1. The number of ether oxygens (including phenoxy) is 1. The zero-order valence-electron chi connectivity index (χ0n) is 9.64. The number of fused-ring (bicyclic) bond motifs is 1. The van der Waals surface area contributed by atoms with Crippen LogP contribution in [0.1, 0.15) is 13.8 Å². The second kappa shape index (κ2) is 3.29. The van der Waals surface area contributed by atoms with Crippen LogP contribution in [0.15, 0.2) is 24.4 Å². The molecule has 0 aromatic carbocycles. The summed E-state index contributed by atoms with van der Waals surface area (Å²) in [6.45, 7) is 4.73. The smallest absolute Gasteiger partial charge is 0.213 e. The molecule has 5 heteroatoms. The Morgan fingerprint density at radius 3 is 2.82 bits per heavy atom. The molecule has 1 aliphatic rings. The fourth-order valence-corrected chi connectivity index (χ4v) is 1.92. The summed E-state index contributed by atoms with van der Waals surface area (Å²) >= 11 is 0. The van der Waals surface area contributed by atoms with Crippen molar-refractivity contribution >= 4 is 0 Å². The van der Waals surface area contributed by atoms with Gasteiger partial charge in [0.1, 0.15) is 17.1 Å². The fraction of sp³-hybridized carbons (Fsp3) is 0.333. The van der Waals surface area contributed by atoms with Crippen LogP contribution in [0.2, 0.25) is 0 Å². The number of halogens is 1. The number of hydrogen-bond donors (Lipinski definition) is 0. The molecule has 0 bridgehead atoms. The van der Waals surface area contributed by atoms with Crippen LogP contribution in [0.25, 0.3) is 11.4 Å². The van der Waals surface area contributed by atoms with Crippen molar-refractivity contribution in [2.45, 2.75) is 26.0 Å². The summed E-state index contributed by atoms with van der Waals surface area (Å²) in [4.78, 5) is 3.99. The Kier molecular flexibility index (Phi) is 1.98. The number of nitrogens with zero attached hydrogens (tertiary/aromatic N) is 3. The Morgan fingerprint density at radius 1 is 1.35 bits per heavy atom. The highest BCUT2D eigenvalue weighted by Crippen LogP contribution is 2.31. The molecule has 0 spiro atoms. The third-order valence-corrected chi connectivity index (χ3v) is 2.64. The summed E-state index contributed by atoms with van der Waals surface area (Å²) in [5.41, 5.74) is 1.14. The average molecular weight is 233 g/mol. The molecular weight excluding hydrogens is 221 g/mol. The minimum Gasteiger partial charge on any atom is -0.470 e. The highest BCUT2D eigenvalue weighted by atomic mass is 19.1. The van der Waals surface area contributed by atoms with Crippen LogP contribution in [0, 0.1) is 5.82 Å². The van der Waals surface area contributed by atoms with Crippen molar-refractivity contribution in [3.8, 4) is 17.3 Å². The largest absolute Gasteiger partial charge is 0.470 e. The van der Waals surface area contributed by atoms with Crippen LogP contribution < -0.4 is 4.74 Å². The molecule has 88 valence electrons. The summed E-state index contributed by atoms with van der Waals surface area (Å²) in [7, 11) is 0. The zero-order chi connectivity index (χ0) is 12.0. The van der Waals surface area contributed by atoms with Crippen molar-refractivity contribution in [3.63, 3.8) is 0 Å². The van der Waals surface area contributed by atoms with Crippen molar-refractivity contribution in [2.75, 3.05) is 0 Å². The van der Waals surface area contributed by atoms with Gasteiger partial charge >= 0.3 is 0 Å². The number of rotatable bonds is 1. The molecule has 0 saturated carbocycles. The van der Waals surface area contributed by atoms with Gasteiger partial charge in [-0.1, -0.05) is 0 Å². The lowest BCUT2D eigenvalue weighted by molar-refractivity contribution is 0.135. The van der Waals surface area contributed by atoms with Crippen molar-refractivity contribution in [2.24, 2.45) is 0 Å². The normalized spacial score (nSPS) is 16.6. The van der Waals surface area contributed by atoms with E-state index in [-0.39, 0.29) is 11.4 Å². The van der Waals surface area contributed by atoms with Crippen LogP contribution in [0.3, 0.4) is 0 Å². The van der Waals surface area contributed by atoms with E-state index >= 15 is 0 Å². The van der Waals surface area contributed by atoms with Gasteiger partial charge in [-0.05, 0) is 26.0 Å². The zero-order valence-corrected chi connectivity index (χ0v) is 9.64. The fourth-order valence-electron chi connectivity index (χ4n) is 1.92. The van der Waals surface area contributed by atoms with Crippen LogP contribution >= 0.6 is 0 Å². The molecule has 0 N–H and O–H groups in total. The molecule has 3 rings (SSSR count). The summed E-state index contributed by atoms with van der Waals surface area (Å²) < 4.78 is 20.3. The quantitative estimate of drug-likeness (QED) is 0.758. The Morgan fingerprint density at radius 2 is 2.18 bits per heavy atom. The summed E-state index contributed by atoms with van der Waals surface area (Å²) in [5.74, 6) is 0.383. The van der Waals surface area contributed by atoms with Crippen molar-refractivity contribution < 1.29 is 9.13 Å². The highest BCUT2D eigenvalue weighted by molar-refractivity contribution is 5.55. The molecule has 0 atom stereocenters. The molecule has 0 saturated heterocycles. The molecule has 0 amide bonds. The molecule has 3 heterocycles. The van der Waals surface area contributed by atoms with E-state index in [1.54, 1.807) is 10.7 Å².